The molecule has 0 amide bonds. The highest BCUT2D eigenvalue weighted by Gasteiger charge is 2.24. The number of aldehydes is 1. The summed E-state index contributed by atoms with van der Waals surface area (Å²) in [6, 6.07) is 8.31. The molecule has 1 aromatic carbocycles. The van der Waals surface area contributed by atoms with Gasteiger partial charge in [0.15, 0.2) is 0 Å². The van der Waals surface area contributed by atoms with Crippen molar-refractivity contribution in [1.82, 2.24) is 0 Å². The van der Waals surface area contributed by atoms with Crippen LogP contribution in [-0.2, 0) is 4.79 Å². The van der Waals surface area contributed by atoms with E-state index in [1.165, 1.54) is 11.3 Å². The zero-order valence-electron chi connectivity index (χ0n) is 7.73. The number of rotatable bonds is 2. The van der Waals surface area contributed by atoms with Gasteiger partial charge in [0.2, 0.25) is 0 Å². The van der Waals surface area contributed by atoms with Crippen LogP contribution in [0.1, 0.15) is 17.9 Å². The molecule has 0 aromatic heterocycles. The van der Waals surface area contributed by atoms with Crippen LogP contribution in [-0.4, -0.2) is 19.9 Å². The van der Waals surface area contributed by atoms with Crippen LogP contribution in [0.15, 0.2) is 24.3 Å². The van der Waals surface area contributed by atoms with E-state index in [1.54, 1.807) is 0 Å². The van der Waals surface area contributed by atoms with E-state index in [2.05, 4.69) is 24.1 Å². The zero-order chi connectivity index (χ0) is 9.26. The molecule has 2 rings (SSSR count). The first-order chi connectivity index (χ1) is 6.33. The van der Waals surface area contributed by atoms with Crippen molar-refractivity contribution >= 4 is 12.0 Å². The summed E-state index contributed by atoms with van der Waals surface area (Å²) in [6.45, 7) is 0.970. The van der Waals surface area contributed by atoms with Crippen LogP contribution >= 0.6 is 0 Å². The van der Waals surface area contributed by atoms with Crippen LogP contribution in [0.4, 0.5) is 5.69 Å². The van der Waals surface area contributed by atoms with Gasteiger partial charge >= 0.3 is 0 Å². The molecule has 0 aliphatic carbocycles. The molecule has 1 unspecified atom stereocenters. The Kier molecular flexibility index (Phi) is 2.05. The summed E-state index contributed by atoms with van der Waals surface area (Å²) >= 11 is 0. The summed E-state index contributed by atoms with van der Waals surface area (Å²) in [6.07, 6.45) is 1.65. The average Bonchev–Trinajstić information content (AvgIpc) is 2.46. The third-order valence-corrected chi connectivity index (χ3v) is 2.66. The van der Waals surface area contributed by atoms with Crippen LogP contribution < -0.4 is 4.90 Å². The van der Waals surface area contributed by atoms with Gasteiger partial charge in [0.05, 0.1) is 0 Å². The third-order valence-electron chi connectivity index (χ3n) is 2.66. The Labute approximate surface area is 78.2 Å². The van der Waals surface area contributed by atoms with Gasteiger partial charge in [-0.2, -0.15) is 0 Å². The summed E-state index contributed by atoms with van der Waals surface area (Å²) in [5.41, 5.74) is 2.59. The second-order valence-electron chi connectivity index (χ2n) is 3.54. The van der Waals surface area contributed by atoms with Crippen molar-refractivity contribution < 1.29 is 4.79 Å². The van der Waals surface area contributed by atoms with Gasteiger partial charge in [-0.05, 0) is 11.6 Å². The third kappa shape index (κ3) is 1.32. The number of para-hydroxylation sites is 1. The number of anilines is 1. The molecule has 1 aliphatic heterocycles. The second kappa shape index (κ2) is 3.21. The van der Waals surface area contributed by atoms with E-state index in [4.69, 9.17) is 0 Å². The van der Waals surface area contributed by atoms with Gasteiger partial charge in [-0.15, -0.1) is 0 Å². The van der Waals surface area contributed by atoms with Crippen molar-refractivity contribution in [2.75, 3.05) is 18.5 Å². The molecule has 0 spiro atoms. The van der Waals surface area contributed by atoms with E-state index in [0.29, 0.717) is 12.3 Å². The molecular weight excluding hydrogens is 162 g/mol. The normalized spacial score (nSPS) is 20.1. The van der Waals surface area contributed by atoms with Crippen LogP contribution in [0.5, 0.6) is 0 Å². The fourth-order valence-electron chi connectivity index (χ4n) is 2.03. The minimum Gasteiger partial charge on any atom is -0.374 e. The summed E-state index contributed by atoms with van der Waals surface area (Å²) in [5, 5.41) is 0. The monoisotopic (exact) mass is 175 g/mol. The molecule has 0 saturated heterocycles. The molecule has 1 heterocycles. The Bertz CT molecular complexity index is 322. The summed E-state index contributed by atoms with van der Waals surface area (Å²) in [7, 11) is 2.07. The number of likely N-dealkylation sites (N-methyl/N-ethyl adjacent to an activating group) is 1. The lowest BCUT2D eigenvalue weighted by molar-refractivity contribution is -0.108. The van der Waals surface area contributed by atoms with Gasteiger partial charge in [0, 0.05) is 31.6 Å². The van der Waals surface area contributed by atoms with E-state index in [9.17, 15) is 4.79 Å². The number of carbonyl (C=O) groups excluding carboxylic acids is 1. The zero-order valence-corrected chi connectivity index (χ0v) is 7.73. The molecule has 1 aromatic rings. The predicted molar refractivity (Wildman–Crippen MR) is 53.1 cm³/mol. The predicted octanol–water partition coefficient (Wildman–Crippen LogP) is 1.81. The highest BCUT2D eigenvalue weighted by molar-refractivity contribution is 5.63. The van der Waals surface area contributed by atoms with Crippen molar-refractivity contribution in [3.8, 4) is 0 Å². The second-order valence-corrected chi connectivity index (χ2v) is 3.54. The van der Waals surface area contributed by atoms with Gasteiger partial charge in [-0.25, -0.2) is 0 Å². The number of hydrogen-bond acceptors (Lipinski definition) is 2. The minimum absolute atomic E-state index is 0.402. The molecule has 0 bridgehead atoms. The number of nitrogens with zero attached hydrogens (tertiary/aromatic N) is 1. The molecule has 13 heavy (non-hydrogen) atoms. The van der Waals surface area contributed by atoms with Crippen molar-refractivity contribution in [2.45, 2.75) is 12.3 Å². The Hall–Kier alpha value is -1.31. The lowest BCUT2D eigenvalue weighted by Gasteiger charge is -2.11. The van der Waals surface area contributed by atoms with Crippen LogP contribution in [0.3, 0.4) is 0 Å². The van der Waals surface area contributed by atoms with E-state index in [-0.39, 0.29) is 0 Å². The minimum atomic E-state index is 0.402. The Morgan fingerprint density at radius 2 is 2.31 bits per heavy atom. The molecule has 0 radical (unpaired) electrons. The molecular formula is C11H13NO. The van der Waals surface area contributed by atoms with Crippen molar-refractivity contribution in [3.63, 3.8) is 0 Å². The van der Waals surface area contributed by atoms with E-state index in [1.807, 2.05) is 12.1 Å². The fourth-order valence-corrected chi connectivity index (χ4v) is 2.03. The Morgan fingerprint density at radius 1 is 1.54 bits per heavy atom. The maximum absolute atomic E-state index is 10.5. The van der Waals surface area contributed by atoms with E-state index < -0.39 is 0 Å². The lowest BCUT2D eigenvalue weighted by Crippen LogP contribution is -2.15. The highest BCUT2D eigenvalue weighted by atomic mass is 16.1. The standard InChI is InChI=1S/C11H13NO/c1-12-8-9(6-7-13)10-4-2-3-5-11(10)12/h2-5,7,9H,6,8H2,1H3. The highest BCUT2D eigenvalue weighted by Crippen LogP contribution is 2.35. The number of carbonyl (C=O) groups is 1. The first-order valence-electron chi connectivity index (χ1n) is 4.56. The van der Waals surface area contributed by atoms with Crippen molar-refractivity contribution in [3.05, 3.63) is 29.8 Å². The molecule has 1 atom stereocenters. The molecule has 0 N–H and O–H groups in total. The molecule has 0 saturated carbocycles. The van der Waals surface area contributed by atoms with Gasteiger partial charge in [0.1, 0.15) is 6.29 Å². The quantitative estimate of drug-likeness (QED) is 0.639. The lowest BCUT2D eigenvalue weighted by atomic mass is 9.99. The smallest absolute Gasteiger partial charge is 0.120 e. The first kappa shape index (κ1) is 8.30. The van der Waals surface area contributed by atoms with Gasteiger partial charge < -0.3 is 9.69 Å². The van der Waals surface area contributed by atoms with Crippen LogP contribution in [0.2, 0.25) is 0 Å². The number of benzene rings is 1. The largest absolute Gasteiger partial charge is 0.374 e. The summed E-state index contributed by atoms with van der Waals surface area (Å²) in [4.78, 5) is 12.7. The molecule has 68 valence electrons. The molecule has 1 aliphatic rings. The van der Waals surface area contributed by atoms with E-state index in [0.717, 1.165) is 12.8 Å². The summed E-state index contributed by atoms with van der Waals surface area (Å²) in [5.74, 6) is 0.402. The van der Waals surface area contributed by atoms with Gasteiger partial charge in [-0.1, -0.05) is 18.2 Å². The topological polar surface area (TPSA) is 20.3 Å². The Morgan fingerprint density at radius 3 is 3.08 bits per heavy atom. The van der Waals surface area contributed by atoms with Crippen LogP contribution in [0, 0.1) is 0 Å². The van der Waals surface area contributed by atoms with Crippen LogP contribution in [0.25, 0.3) is 0 Å². The van der Waals surface area contributed by atoms with Crippen molar-refractivity contribution in [2.24, 2.45) is 0 Å². The SMILES string of the molecule is CN1CC(CC=O)c2ccccc21. The summed E-state index contributed by atoms with van der Waals surface area (Å²) < 4.78 is 0. The Balaban J connectivity index is 2.35. The van der Waals surface area contributed by atoms with Gasteiger partial charge in [-0.3, -0.25) is 0 Å². The molecule has 2 heteroatoms. The fraction of sp³-hybridized carbons (Fsp3) is 0.364. The van der Waals surface area contributed by atoms with E-state index >= 15 is 0 Å². The molecule has 0 fully saturated rings. The first-order valence-corrected chi connectivity index (χ1v) is 4.56. The van der Waals surface area contributed by atoms with Gasteiger partial charge in [0.25, 0.3) is 0 Å². The number of fused-ring (bicyclic) bond motifs is 1. The average molecular weight is 175 g/mol. The molecule has 2 nitrogen and oxygen atoms in total. The van der Waals surface area contributed by atoms with Crippen molar-refractivity contribution in [1.29, 1.82) is 0 Å². The number of hydrogen-bond donors (Lipinski definition) is 0. The maximum atomic E-state index is 10.5. The maximum Gasteiger partial charge on any atom is 0.120 e.